The molecule has 138 valence electrons. The second-order valence-electron chi connectivity index (χ2n) is 6.67. The molecule has 2 aliphatic rings. The summed E-state index contributed by atoms with van der Waals surface area (Å²) in [4.78, 5) is 22.3. The number of piperidine rings is 1. The minimum Gasteiger partial charge on any atom is -0.352 e. The van der Waals surface area contributed by atoms with Gasteiger partial charge in [-0.2, -0.15) is 0 Å². The van der Waals surface area contributed by atoms with Crippen LogP contribution in [0.3, 0.4) is 0 Å². The van der Waals surface area contributed by atoms with E-state index in [-0.39, 0.29) is 16.7 Å². The van der Waals surface area contributed by atoms with Gasteiger partial charge in [0.05, 0.1) is 11.9 Å². The quantitative estimate of drug-likeness (QED) is 0.749. The largest absolute Gasteiger partial charge is 0.352 e. The first-order valence-electron chi connectivity index (χ1n) is 8.74. The van der Waals surface area contributed by atoms with Crippen LogP contribution in [0.1, 0.15) is 37.3 Å². The Bertz CT molecular complexity index is 731. The smallest absolute Gasteiger partial charge is 0.223 e. The Balaban J connectivity index is 1.72. The summed E-state index contributed by atoms with van der Waals surface area (Å²) in [6, 6.07) is 0. The van der Waals surface area contributed by atoms with E-state index in [1.165, 1.54) is 12.5 Å². The van der Waals surface area contributed by atoms with Crippen LogP contribution in [0.25, 0.3) is 0 Å². The molecule has 1 atom stereocenters. The highest BCUT2D eigenvalue weighted by molar-refractivity contribution is 7.90. The average Bonchev–Trinajstić information content (AvgIpc) is 3.00. The molecule has 1 aromatic heterocycles. The highest BCUT2D eigenvalue weighted by Gasteiger charge is 2.25. The summed E-state index contributed by atoms with van der Waals surface area (Å²) in [5, 5.41) is 6.42. The average molecular weight is 367 g/mol. The third kappa shape index (κ3) is 4.46. The van der Waals surface area contributed by atoms with Gasteiger partial charge in [-0.15, -0.1) is 0 Å². The monoisotopic (exact) mass is 367 g/mol. The molecule has 0 aliphatic carbocycles. The number of likely N-dealkylation sites (tertiary alicyclic amines) is 1. The van der Waals surface area contributed by atoms with Gasteiger partial charge >= 0.3 is 0 Å². The van der Waals surface area contributed by atoms with Gasteiger partial charge < -0.3 is 15.5 Å². The maximum Gasteiger partial charge on any atom is 0.223 e. The van der Waals surface area contributed by atoms with Gasteiger partial charge in [-0.3, -0.25) is 4.79 Å². The Morgan fingerprint density at radius 2 is 2.24 bits per heavy atom. The van der Waals surface area contributed by atoms with Crippen molar-refractivity contribution in [3.63, 3.8) is 0 Å². The van der Waals surface area contributed by atoms with Gasteiger partial charge in [0.15, 0.2) is 9.84 Å². The molecular formula is C16H25N5O3S. The topological polar surface area (TPSA) is 104 Å². The van der Waals surface area contributed by atoms with Crippen LogP contribution in [-0.2, 0) is 14.6 Å². The minimum atomic E-state index is -3.37. The normalized spacial score (nSPS) is 21.6. The van der Waals surface area contributed by atoms with Crippen molar-refractivity contribution >= 4 is 21.7 Å². The van der Waals surface area contributed by atoms with Gasteiger partial charge in [0.2, 0.25) is 11.9 Å². The van der Waals surface area contributed by atoms with Crippen molar-refractivity contribution in [2.45, 2.75) is 36.5 Å². The van der Waals surface area contributed by atoms with Gasteiger partial charge in [0, 0.05) is 44.8 Å². The molecule has 0 aromatic carbocycles. The van der Waals surface area contributed by atoms with Crippen LogP contribution < -0.4 is 10.6 Å². The summed E-state index contributed by atoms with van der Waals surface area (Å²) < 4.78 is 24.1. The Morgan fingerprint density at radius 1 is 1.40 bits per heavy atom. The van der Waals surface area contributed by atoms with Gasteiger partial charge in [-0.05, 0) is 25.8 Å². The fourth-order valence-corrected chi connectivity index (χ4v) is 4.21. The lowest BCUT2D eigenvalue weighted by atomic mass is 9.96. The lowest BCUT2D eigenvalue weighted by Crippen LogP contribution is -2.31. The molecule has 8 nitrogen and oxygen atoms in total. The van der Waals surface area contributed by atoms with Crippen molar-refractivity contribution in [1.29, 1.82) is 0 Å². The Labute approximate surface area is 148 Å². The molecule has 2 N–H and O–H groups in total. The number of aromatic nitrogens is 2. The molecule has 2 aliphatic heterocycles. The van der Waals surface area contributed by atoms with E-state index in [1.807, 2.05) is 4.90 Å². The number of anilines is 1. The summed E-state index contributed by atoms with van der Waals surface area (Å²) in [6.07, 6.45) is 6.04. The van der Waals surface area contributed by atoms with Crippen molar-refractivity contribution in [2.24, 2.45) is 0 Å². The first-order valence-corrected chi connectivity index (χ1v) is 10.6. The number of nitrogens with zero attached hydrogens (tertiary/aromatic N) is 3. The van der Waals surface area contributed by atoms with E-state index in [9.17, 15) is 13.2 Å². The maximum atomic E-state index is 12.1. The number of hydrogen-bond acceptors (Lipinski definition) is 7. The Hall–Kier alpha value is -1.74. The van der Waals surface area contributed by atoms with Crippen LogP contribution in [0.5, 0.6) is 0 Å². The van der Waals surface area contributed by atoms with Crippen LogP contribution in [-0.4, -0.2) is 68.2 Å². The molecule has 1 aromatic rings. The molecular weight excluding hydrogens is 342 g/mol. The maximum absolute atomic E-state index is 12.1. The molecule has 25 heavy (non-hydrogen) atoms. The van der Waals surface area contributed by atoms with E-state index in [2.05, 4.69) is 20.6 Å². The summed E-state index contributed by atoms with van der Waals surface area (Å²) >= 11 is 0. The van der Waals surface area contributed by atoms with Gasteiger partial charge in [-0.25, -0.2) is 18.4 Å². The minimum absolute atomic E-state index is 0.0715. The molecule has 0 saturated carbocycles. The highest BCUT2D eigenvalue weighted by Crippen LogP contribution is 2.27. The molecule has 0 spiro atoms. The Kier molecular flexibility index (Phi) is 5.53. The molecule has 1 unspecified atom stereocenters. The number of sulfone groups is 1. The van der Waals surface area contributed by atoms with Gasteiger partial charge in [0.1, 0.15) is 4.90 Å². The lowest BCUT2D eigenvalue weighted by Gasteiger charge is -2.24. The first kappa shape index (κ1) is 18.1. The summed E-state index contributed by atoms with van der Waals surface area (Å²) in [7, 11) is -3.37. The molecule has 0 radical (unpaired) electrons. The third-order valence-corrected chi connectivity index (χ3v) is 5.82. The van der Waals surface area contributed by atoms with E-state index in [0.29, 0.717) is 31.2 Å². The zero-order chi connectivity index (χ0) is 17.9. The fourth-order valence-electron chi connectivity index (χ4n) is 3.38. The third-order valence-electron chi connectivity index (χ3n) is 4.70. The molecule has 1 amide bonds. The first-order chi connectivity index (χ1) is 11.9. The van der Waals surface area contributed by atoms with Gasteiger partial charge in [0.25, 0.3) is 0 Å². The van der Waals surface area contributed by atoms with Gasteiger partial charge in [-0.1, -0.05) is 0 Å². The number of hydrogen-bond donors (Lipinski definition) is 2. The highest BCUT2D eigenvalue weighted by atomic mass is 32.2. The van der Waals surface area contributed by atoms with Crippen molar-refractivity contribution in [2.75, 3.05) is 44.3 Å². The van der Waals surface area contributed by atoms with E-state index >= 15 is 0 Å². The predicted octanol–water partition coefficient (Wildman–Crippen LogP) is 0.381. The zero-order valence-electron chi connectivity index (χ0n) is 14.5. The summed E-state index contributed by atoms with van der Waals surface area (Å²) in [5.74, 6) is 0.672. The van der Waals surface area contributed by atoms with E-state index in [4.69, 9.17) is 0 Å². The van der Waals surface area contributed by atoms with Crippen molar-refractivity contribution < 1.29 is 13.2 Å². The number of amides is 1. The number of carbonyl (C=O) groups is 1. The lowest BCUT2D eigenvalue weighted by molar-refractivity contribution is -0.127. The van der Waals surface area contributed by atoms with Crippen LogP contribution in [0.15, 0.2) is 11.1 Å². The predicted molar refractivity (Wildman–Crippen MR) is 94.3 cm³/mol. The number of nitrogens with one attached hydrogen (secondary N) is 2. The van der Waals surface area contributed by atoms with Crippen LogP contribution >= 0.6 is 0 Å². The second kappa shape index (κ2) is 7.65. The molecule has 3 heterocycles. The van der Waals surface area contributed by atoms with Crippen LogP contribution in [0.4, 0.5) is 5.95 Å². The SMILES string of the molecule is CS(=O)(=O)c1cnc(NCCN2CCCC2=O)nc1C1CCCNC1. The molecule has 3 rings (SSSR count). The van der Waals surface area contributed by atoms with Crippen molar-refractivity contribution in [3.05, 3.63) is 11.9 Å². The van der Waals surface area contributed by atoms with E-state index < -0.39 is 9.84 Å². The standard InChI is InChI=1S/C16H25N5O3S/c1-25(23,24)13-11-19-16(18-7-9-21-8-3-5-14(21)22)20-15(13)12-4-2-6-17-10-12/h11-12,17H,2-10H2,1H3,(H,18,19,20). The number of rotatable bonds is 6. The van der Waals surface area contributed by atoms with Crippen molar-refractivity contribution in [3.8, 4) is 0 Å². The van der Waals surface area contributed by atoms with Crippen LogP contribution in [0.2, 0.25) is 0 Å². The molecule has 9 heteroatoms. The second-order valence-corrected chi connectivity index (χ2v) is 8.65. The fraction of sp³-hybridized carbons (Fsp3) is 0.688. The zero-order valence-corrected chi connectivity index (χ0v) is 15.3. The summed E-state index contributed by atoms with van der Waals surface area (Å²) in [6.45, 7) is 3.63. The molecule has 2 fully saturated rings. The number of carbonyl (C=O) groups excluding carboxylic acids is 1. The molecule has 2 saturated heterocycles. The van der Waals surface area contributed by atoms with E-state index in [0.717, 1.165) is 38.9 Å². The summed E-state index contributed by atoms with van der Waals surface area (Å²) in [5.41, 5.74) is 0.587. The Morgan fingerprint density at radius 3 is 2.88 bits per heavy atom. The van der Waals surface area contributed by atoms with E-state index in [1.54, 1.807) is 0 Å². The van der Waals surface area contributed by atoms with Crippen LogP contribution in [0, 0.1) is 0 Å². The van der Waals surface area contributed by atoms with Crippen molar-refractivity contribution in [1.82, 2.24) is 20.2 Å². The molecule has 0 bridgehead atoms.